The van der Waals surface area contributed by atoms with E-state index in [0.29, 0.717) is 0 Å². The van der Waals surface area contributed by atoms with Crippen molar-refractivity contribution < 1.29 is 0 Å². The van der Waals surface area contributed by atoms with Crippen molar-refractivity contribution >= 4 is 22.6 Å². The highest BCUT2D eigenvalue weighted by Gasteiger charge is 2.52. The first-order valence-electron chi connectivity index (χ1n) is 21.3. The average Bonchev–Trinajstić information content (AvgIpc) is 3.82. The topological polar surface area (TPSA) is 3.24 Å². The summed E-state index contributed by atoms with van der Waals surface area (Å²) < 4.78 is 0. The fraction of sp³-hybridized carbons (Fsp3) is 0.0164. The maximum Gasteiger partial charge on any atom is 0.0732 e. The van der Waals surface area contributed by atoms with Crippen LogP contribution in [0.4, 0.5) is 17.1 Å². The summed E-state index contributed by atoms with van der Waals surface area (Å²) in [6, 6.07) is 81.9. The van der Waals surface area contributed by atoms with E-state index in [0.717, 1.165) is 17.1 Å². The average molecular weight is 786 g/mol. The minimum atomic E-state index is -0.426. The molecule has 1 unspecified atom stereocenters. The first kappa shape index (κ1) is 35.7. The van der Waals surface area contributed by atoms with Gasteiger partial charge in [0, 0.05) is 17.1 Å². The van der Waals surface area contributed by atoms with Gasteiger partial charge in [0.2, 0.25) is 0 Å². The summed E-state index contributed by atoms with van der Waals surface area (Å²) in [5, 5.41) is 0. The van der Waals surface area contributed by atoms with E-state index in [1.165, 1.54) is 89.0 Å². The predicted molar refractivity (Wildman–Crippen MR) is 258 cm³/mol. The second kappa shape index (κ2) is 14.5. The molecule has 0 aromatic heterocycles. The number of fused-ring (bicyclic) bond motifs is 9. The Bertz CT molecular complexity index is 3330. The van der Waals surface area contributed by atoms with Crippen LogP contribution in [0, 0.1) is 0 Å². The first-order valence-corrected chi connectivity index (χ1v) is 21.3. The number of allylic oxidation sites excluding steroid dienone is 4. The maximum absolute atomic E-state index is 3.34. The molecule has 0 heterocycles. The number of anilines is 3. The van der Waals surface area contributed by atoms with Crippen molar-refractivity contribution in [3.63, 3.8) is 0 Å². The summed E-state index contributed by atoms with van der Waals surface area (Å²) >= 11 is 0. The first-order chi connectivity index (χ1) is 30.8. The van der Waals surface area contributed by atoms with E-state index in [1.54, 1.807) is 0 Å². The second-order valence-electron chi connectivity index (χ2n) is 16.3. The lowest BCUT2D eigenvalue weighted by Crippen LogP contribution is -2.26. The molecule has 62 heavy (non-hydrogen) atoms. The van der Waals surface area contributed by atoms with Crippen LogP contribution < -0.4 is 4.90 Å². The lowest BCUT2D eigenvalue weighted by molar-refractivity contribution is 0.786. The minimum absolute atomic E-state index is 0.426. The minimum Gasteiger partial charge on any atom is -0.310 e. The molecule has 1 spiro atoms. The summed E-state index contributed by atoms with van der Waals surface area (Å²) in [4.78, 5) is 2.38. The van der Waals surface area contributed by atoms with Gasteiger partial charge in [0.1, 0.15) is 0 Å². The third-order valence-corrected chi connectivity index (χ3v) is 13.0. The van der Waals surface area contributed by atoms with E-state index in [2.05, 4.69) is 253 Å². The molecule has 3 aliphatic carbocycles. The highest BCUT2D eigenvalue weighted by Crippen LogP contribution is 2.62. The summed E-state index contributed by atoms with van der Waals surface area (Å²) in [5.41, 5.74) is 29.3. The molecule has 0 saturated heterocycles. The van der Waals surface area contributed by atoms with Gasteiger partial charge in [0.05, 0.1) is 5.41 Å². The monoisotopic (exact) mass is 785 g/mol. The van der Waals surface area contributed by atoms with Crippen molar-refractivity contribution in [2.45, 2.75) is 5.41 Å². The normalized spacial score (nSPS) is 15.0. The molecule has 9 aromatic carbocycles. The summed E-state index contributed by atoms with van der Waals surface area (Å²) in [5.74, 6) is 0. The van der Waals surface area contributed by atoms with Gasteiger partial charge in [-0.25, -0.2) is 0 Å². The Morgan fingerprint density at radius 1 is 0.290 bits per heavy atom. The van der Waals surface area contributed by atoms with Crippen LogP contribution in [0.1, 0.15) is 22.3 Å². The van der Waals surface area contributed by atoms with Gasteiger partial charge >= 0.3 is 0 Å². The fourth-order valence-electron chi connectivity index (χ4n) is 10.2. The van der Waals surface area contributed by atoms with Crippen molar-refractivity contribution in [2.24, 2.45) is 0 Å². The summed E-state index contributed by atoms with van der Waals surface area (Å²) in [6.45, 7) is 0. The Morgan fingerprint density at radius 2 is 0.742 bits per heavy atom. The Balaban J connectivity index is 0.989. The van der Waals surface area contributed by atoms with Gasteiger partial charge in [0.15, 0.2) is 0 Å². The van der Waals surface area contributed by atoms with Crippen molar-refractivity contribution in [2.75, 3.05) is 4.90 Å². The zero-order chi connectivity index (χ0) is 41.0. The van der Waals surface area contributed by atoms with Crippen LogP contribution in [0.25, 0.3) is 61.2 Å². The van der Waals surface area contributed by atoms with Gasteiger partial charge in [-0.1, -0.05) is 193 Å². The highest BCUT2D eigenvalue weighted by atomic mass is 15.1. The fourth-order valence-corrected chi connectivity index (χ4v) is 10.2. The van der Waals surface area contributed by atoms with Gasteiger partial charge < -0.3 is 4.90 Å². The molecule has 0 aliphatic heterocycles. The van der Waals surface area contributed by atoms with Gasteiger partial charge in [-0.3, -0.25) is 0 Å². The van der Waals surface area contributed by atoms with E-state index < -0.39 is 5.41 Å². The number of nitrogens with zero attached hydrogens (tertiary/aromatic N) is 1. The number of hydrogen-bond donors (Lipinski definition) is 0. The van der Waals surface area contributed by atoms with Crippen LogP contribution in [0.3, 0.4) is 0 Å². The van der Waals surface area contributed by atoms with Crippen LogP contribution in [0.15, 0.2) is 254 Å². The Kier molecular flexibility index (Phi) is 8.37. The third-order valence-electron chi connectivity index (χ3n) is 13.0. The molecule has 1 nitrogen and oxygen atoms in total. The van der Waals surface area contributed by atoms with Crippen molar-refractivity contribution in [1.82, 2.24) is 0 Å². The van der Waals surface area contributed by atoms with Crippen molar-refractivity contribution in [3.05, 3.63) is 276 Å². The van der Waals surface area contributed by atoms with Crippen LogP contribution >= 0.6 is 0 Å². The van der Waals surface area contributed by atoms with E-state index in [4.69, 9.17) is 0 Å². The molecular formula is C61H39N. The molecule has 0 radical (unpaired) electrons. The van der Waals surface area contributed by atoms with Crippen LogP contribution in [-0.2, 0) is 5.41 Å². The molecular weight excluding hydrogens is 747 g/mol. The molecule has 1 heteroatoms. The molecule has 1 atom stereocenters. The largest absolute Gasteiger partial charge is 0.310 e. The van der Waals surface area contributed by atoms with Gasteiger partial charge in [-0.05, 0) is 144 Å². The van der Waals surface area contributed by atoms with Gasteiger partial charge in [0.25, 0.3) is 0 Å². The van der Waals surface area contributed by atoms with Crippen LogP contribution in [0.2, 0.25) is 0 Å². The standard InChI is InChI=1S/C61H39N/c1-4-16-42(17-5-1)43-28-33-48(34-29-43)62(50-37-39-51(45-18-6-2-7-19-45)56(41-50)46-20-8-3-9-21-46)49-35-30-44(31-36-49)47-32-38-55-54-24-12-15-27-59(54)61(60(55)40-47)57-25-13-10-22-52(57)53-23-11-14-26-58(53)61/h1-10,12-13,15-41H. The zero-order valence-corrected chi connectivity index (χ0v) is 34.0. The van der Waals surface area contributed by atoms with Crippen LogP contribution in [0.5, 0.6) is 0 Å². The Labute approximate surface area is 362 Å². The lowest BCUT2D eigenvalue weighted by atomic mass is 9.69. The molecule has 3 aliphatic rings. The van der Waals surface area contributed by atoms with Crippen LogP contribution in [-0.4, -0.2) is 0 Å². The Morgan fingerprint density at radius 3 is 1.40 bits per heavy atom. The molecule has 0 fully saturated rings. The molecule has 0 bridgehead atoms. The maximum atomic E-state index is 3.34. The van der Waals surface area contributed by atoms with Crippen molar-refractivity contribution in [1.29, 1.82) is 0 Å². The number of rotatable bonds is 7. The van der Waals surface area contributed by atoms with E-state index in [-0.39, 0.29) is 0 Å². The molecule has 12 rings (SSSR count). The van der Waals surface area contributed by atoms with Crippen molar-refractivity contribution in [3.8, 4) is 55.6 Å². The van der Waals surface area contributed by atoms with E-state index in [9.17, 15) is 0 Å². The Hall–Kier alpha value is -8.18. The third kappa shape index (κ3) is 5.58. The zero-order valence-electron chi connectivity index (χ0n) is 34.0. The smallest absolute Gasteiger partial charge is 0.0732 e. The molecule has 0 amide bonds. The van der Waals surface area contributed by atoms with E-state index >= 15 is 0 Å². The summed E-state index contributed by atoms with van der Waals surface area (Å²) in [7, 11) is 0. The summed E-state index contributed by atoms with van der Waals surface area (Å²) in [6.07, 6.45) is 4.28. The molecule has 9 aromatic rings. The van der Waals surface area contributed by atoms with Gasteiger partial charge in [-0.15, -0.1) is 0 Å². The number of benzene rings is 9. The second-order valence-corrected chi connectivity index (χ2v) is 16.3. The number of hydrogen-bond acceptors (Lipinski definition) is 1. The quantitative estimate of drug-likeness (QED) is 0.146. The molecule has 0 saturated carbocycles. The SMILES string of the molecule is C1=C=CC2=C(C=1)c1ccccc1C21c2ccccc2-c2ccc(-c3ccc(N(c4ccc(-c5ccccc5)cc4)c4ccc(-c5ccccc5)c(-c5ccccc5)c4)cc3)cc21. The highest BCUT2D eigenvalue weighted by molar-refractivity contribution is 5.99. The lowest BCUT2D eigenvalue weighted by Gasteiger charge is -2.31. The van der Waals surface area contributed by atoms with Gasteiger partial charge in [-0.2, -0.15) is 0 Å². The molecule has 288 valence electrons. The molecule has 0 N–H and O–H groups in total. The van der Waals surface area contributed by atoms with E-state index in [1.807, 2.05) is 0 Å². The predicted octanol–water partition coefficient (Wildman–Crippen LogP) is 15.8.